The van der Waals surface area contributed by atoms with E-state index in [1.165, 1.54) is 11.1 Å². The van der Waals surface area contributed by atoms with Crippen LogP contribution >= 0.6 is 0 Å². The van der Waals surface area contributed by atoms with Crippen LogP contribution in [-0.2, 0) is 0 Å². The molecule has 0 fully saturated rings. The van der Waals surface area contributed by atoms with Gasteiger partial charge in [0.25, 0.3) is 0 Å². The Morgan fingerprint density at radius 2 is 1.33 bits per heavy atom. The number of nitriles is 1. The fourth-order valence-corrected chi connectivity index (χ4v) is 2.88. The average Bonchev–Trinajstić information content (AvgIpc) is 2.58. The van der Waals surface area contributed by atoms with Crippen molar-refractivity contribution >= 4 is 5.82 Å². The normalized spacial score (nSPS) is 10.4. The highest BCUT2D eigenvalue weighted by Crippen LogP contribution is 2.35. The lowest BCUT2D eigenvalue weighted by Crippen LogP contribution is -2.03. The smallest absolute Gasteiger partial charge is 0.142 e. The van der Waals surface area contributed by atoms with Crippen LogP contribution in [0, 0.1) is 32.1 Å². The highest BCUT2D eigenvalue weighted by atomic mass is 14.9. The van der Waals surface area contributed by atoms with Crippen molar-refractivity contribution in [2.24, 2.45) is 0 Å². The minimum atomic E-state index is 0.272. The Morgan fingerprint density at radius 3 is 1.83 bits per heavy atom. The van der Waals surface area contributed by atoms with Crippen molar-refractivity contribution in [1.29, 1.82) is 5.26 Å². The molecule has 0 radical (unpaired) electrons. The second-order valence-electron chi connectivity index (χ2n) is 6.06. The fourth-order valence-electron chi connectivity index (χ4n) is 2.88. The molecule has 0 aliphatic rings. The molecule has 1 heterocycles. The zero-order valence-electron chi connectivity index (χ0n) is 14.1. The zero-order chi connectivity index (χ0) is 17.3. The van der Waals surface area contributed by atoms with Gasteiger partial charge < -0.3 is 5.73 Å². The summed E-state index contributed by atoms with van der Waals surface area (Å²) in [5.41, 5.74) is 13.5. The van der Waals surface area contributed by atoms with Gasteiger partial charge in [0.05, 0.1) is 5.69 Å². The second kappa shape index (κ2) is 6.17. The van der Waals surface area contributed by atoms with Gasteiger partial charge in [0, 0.05) is 11.1 Å². The highest BCUT2D eigenvalue weighted by molar-refractivity contribution is 5.84. The Hall–Kier alpha value is -3.12. The number of nitrogen functional groups attached to an aromatic ring is 1. The number of nitrogens with two attached hydrogens (primary N) is 1. The van der Waals surface area contributed by atoms with Crippen LogP contribution in [0.3, 0.4) is 0 Å². The van der Waals surface area contributed by atoms with Crippen LogP contribution in [0.25, 0.3) is 22.4 Å². The molecule has 2 N–H and O–H groups in total. The SMILES string of the molecule is Cc1ccc(-c2nc(N)c(C#N)c(-c3ccc(C)cc3)c2C)cc1. The first kappa shape index (κ1) is 15.8. The van der Waals surface area contributed by atoms with Gasteiger partial charge in [0.1, 0.15) is 17.5 Å². The molecule has 0 atom stereocenters. The number of nitrogens with zero attached hydrogens (tertiary/aromatic N) is 2. The first-order valence-electron chi connectivity index (χ1n) is 7.85. The highest BCUT2D eigenvalue weighted by Gasteiger charge is 2.18. The Balaban J connectivity index is 2.29. The van der Waals surface area contributed by atoms with Crippen LogP contribution in [0.1, 0.15) is 22.3 Å². The molecule has 0 spiro atoms. The summed E-state index contributed by atoms with van der Waals surface area (Å²) in [4.78, 5) is 4.50. The topological polar surface area (TPSA) is 62.7 Å². The maximum absolute atomic E-state index is 9.57. The molecule has 0 amide bonds. The van der Waals surface area contributed by atoms with Crippen LogP contribution in [0.15, 0.2) is 48.5 Å². The molecule has 3 aromatic rings. The van der Waals surface area contributed by atoms with E-state index in [-0.39, 0.29) is 5.82 Å². The molecule has 3 nitrogen and oxygen atoms in total. The van der Waals surface area contributed by atoms with Gasteiger partial charge in [0.2, 0.25) is 0 Å². The second-order valence-corrected chi connectivity index (χ2v) is 6.06. The molecule has 0 saturated heterocycles. The molecule has 118 valence electrons. The van der Waals surface area contributed by atoms with Crippen LogP contribution < -0.4 is 5.73 Å². The summed E-state index contributed by atoms with van der Waals surface area (Å²) in [6.07, 6.45) is 0. The Labute approximate surface area is 142 Å². The van der Waals surface area contributed by atoms with Crippen molar-refractivity contribution in [3.63, 3.8) is 0 Å². The Morgan fingerprint density at radius 1 is 0.833 bits per heavy atom. The van der Waals surface area contributed by atoms with Crippen molar-refractivity contribution in [2.45, 2.75) is 20.8 Å². The first-order valence-corrected chi connectivity index (χ1v) is 7.85. The minimum Gasteiger partial charge on any atom is -0.383 e. The fraction of sp³-hybridized carbons (Fsp3) is 0.143. The number of aryl methyl sites for hydroxylation is 2. The van der Waals surface area contributed by atoms with Crippen molar-refractivity contribution in [2.75, 3.05) is 5.73 Å². The van der Waals surface area contributed by atoms with Crippen LogP contribution in [-0.4, -0.2) is 4.98 Å². The summed E-state index contributed by atoms with van der Waals surface area (Å²) in [5.74, 6) is 0.272. The third-order valence-corrected chi connectivity index (χ3v) is 4.25. The lowest BCUT2D eigenvalue weighted by atomic mass is 9.92. The molecule has 3 heteroatoms. The molecular weight excluding hydrogens is 294 g/mol. The summed E-state index contributed by atoms with van der Waals surface area (Å²) in [5, 5.41) is 9.57. The maximum Gasteiger partial charge on any atom is 0.142 e. The number of hydrogen-bond donors (Lipinski definition) is 1. The van der Waals surface area contributed by atoms with E-state index in [2.05, 4.69) is 30.1 Å². The molecule has 0 saturated carbocycles. The van der Waals surface area contributed by atoms with Gasteiger partial charge in [-0.2, -0.15) is 5.26 Å². The lowest BCUT2D eigenvalue weighted by molar-refractivity contribution is 1.26. The van der Waals surface area contributed by atoms with Crippen LogP contribution in [0.2, 0.25) is 0 Å². The quantitative estimate of drug-likeness (QED) is 0.739. The molecule has 0 bridgehead atoms. The van der Waals surface area contributed by atoms with Gasteiger partial charge >= 0.3 is 0 Å². The van der Waals surface area contributed by atoms with Gasteiger partial charge in [-0.3, -0.25) is 0 Å². The summed E-state index contributed by atoms with van der Waals surface area (Å²) in [7, 11) is 0. The van der Waals surface area contributed by atoms with Crippen molar-refractivity contribution in [1.82, 2.24) is 4.98 Å². The molecule has 2 aromatic carbocycles. The average molecular weight is 313 g/mol. The minimum absolute atomic E-state index is 0.272. The third-order valence-electron chi connectivity index (χ3n) is 4.25. The van der Waals surface area contributed by atoms with Crippen LogP contribution in [0.5, 0.6) is 0 Å². The van der Waals surface area contributed by atoms with E-state index in [0.29, 0.717) is 5.56 Å². The molecule has 0 unspecified atom stereocenters. The molecular formula is C21H19N3. The van der Waals surface area contributed by atoms with Gasteiger partial charge in [-0.15, -0.1) is 0 Å². The third kappa shape index (κ3) is 2.75. The molecule has 3 rings (SSSR count). The van der Waals surface area contributed by atoms with Crippen LogP contribution in [0.4, 0.5) is 5.82 Å². The Kier molecular flexibility index (Phi) is 4.05. The van der Waals surface area contributed by atoms with E-state index < -0.39 is 0 Å². The number of hydrogen-bond acceptors (Lipinski definition) is 3. The predicted molar refractivity (Wildman–Crippen MR) is 98.4 cm³/mol. The van der Waals surface area contributed by atoms with E-state index in [9.17, 15) is 5.26 Å². The molecule has 1 aromatic heterocycles. The van der Waals surface area contributed by atoms with Crippen molar-refractivity contribution in [3.05, 3.63) is 70.8 Å². The summed E-state index contributed by atoms with van der Waals surface area (Å²) >= 11 is 0. The van der Waals surface area contributed by atoms with E-state index in [1.54, 1.807) is 0 Å². The summed E-state index contributed by atoms with van der Waals surface area (Å²) in [6, 6.07) is 18.5. The summed E-state index contributed by atoms with van der Waals surface area (Å²) < 4.78 is 0. The Bertz CT molecular complexity index is 931. The number of aromatic nitrogens is 1. The monoisotopic (exact) mass is 313 g/mol. The summed E-state index contributed by atoms with van der Waals surface area (Å²) in [6.45, 7) is 6.09. The van der Waals surface area contributed by atoms with Gasteiger partial charge in [-0.05, 0) is 31.9 Å². The molecule has 24 heavy (non-hydrogen) atoms. The van der Waals surface area contributed by atoms with Gasteiger partial charge in [-0.1, -0.05) is 59.7 Å². The number of pyridine rings is 1. The van der Waals surface area contributed by atoms with Gasteiger partial charge in [0.15, 0.2) is 0 Å². The van der Waals surface area contributed by atoms with E-state index in [0.717, 1.165) is 27.9 Å². The molecule has 0 aliphatic heterocycles. The number of rotatable bonds is 2. The van der Waals surface area contributed by atoms with E-state index in [1.807, 2.05) is 50.2 Å². The molecule has 0 aliphatic carbocycles. The van der Waals surface area contributed by atoms with Crippen molar-refractivity contribution in [3.8, 4) is 28.5 Å². The van der Waals surface area contributed by atoms with Crippen molar-refractivity contribution < 1.29 is 0 Å². The van der Waals surface area contributed by atoms with E-state index in [4.69, 9.17) is 5.73 Å². The first-order chi connectivity index (χ1) is 11.5. The number of benzene rings is 2. The van der Waals surface area contributed by atoms with Gasteiger partial charge in [-0.25, -0.2) is 4.98 Å². The maximum atomic E-state index is 9.57. The zero-order valence-corrected chi connectivity index (χ0v) is 14.1. The largest absolute Gasteiger partial charge is 0.383 e. The lowest BCUT2D eigenvalue weighted by Gasteiger charge is -2.15. The number of anilines is 1. The standard InChI is InChI=1S/C21H19N3/c1-13-4-8-16(9-5-13)19-15(3)20(24-21(23)18(19)12-22)17-10-6-14(2)7-11-17/h4-11H,1-3H3,(H2,23,24). The predicted octanol–water partition coefficient (Wildman–Crippen LogP) is 4.79. The van der Waals surface area contributed by atoms with E-state index >= 15 is 0 Å².